The Bertz CT molecular complexity index is 1800. The van der Waals surface area contributed by atoms with Crippen LogP contribution in [0.3, 0.4) is 0 Å². The average Bonchev–Trinajstić information content (AvgIpc) is 3.39. The fourth-order valence-corrected chi connectivity index (χ4v) is 5.67. The summed E-state index contributed by atoms with van der Waals surface area (Å²) in [4.78, 5) is 17.8. The molecule has 0 aliphatic carbocycles. The van der Waals surface area contributed by atoms with Crippen LogP contribution in [0.1, 0.15) is 64.3 Å². The molecule has 3 aromatic heterocycles. The molecule has 212 valence electrons. The zero-order valence-corrected chi connectivity index (χ0v) is 24.7. The Morgan fingerprint density at radius 3 is 2.66 bits per heavy atom. The molecule has 0 saturated heterocycles. The Morgan fingerprint density at radius 1 is 1.10 bits per heavy atom. The largest absolute Gasteiger partial charge is 0.493 e. The topological polar surface area (TPSA) is 87.8 Å². The maximum absolute atomic E-state index is 12.9. The summed E-state index contributed by atoms with van der Waals surface area (Å²) < 4.78 is 20.5. The lowest BCUT2D eigenvalue weighted by molar-refractivity contribution is -0.162. The number of carbonyl (C=O) groups excluding carboxylic acids is 1. The predicted octanol–water partition coefficient (Wildman–Crippen LogP) is 6.79. The second kappa shape index (κ2) is 9.80. The molecular formula is C33H36N4O4. The van der Waals surface area contributed by atoms with E-state index < -0.39 is 17.1 Å². The number of hydrogen-bond acceptors (Lipinski definition) is 7. The Kier molecular flexibility index (Phi) is 6.49. The highest BCUT2D eigenvalue weighted by Crippen LogP contribution is 2.45. The second-order valence-electron chi connectivity index (χ2n) is 12.8. The Balaban J connectivity index is 1.66. The first-order valence-electron chi connectivity index (χ1n) is 14.1. The van der Waals surface area contributed by atoms with Crippen molar-refractivity contribution in [2.45, 2.75) is 66.6 Å². The van der Waals surface area contributed by atoms with Crippen LogP contribution in [0, 0.1) is 12.3 Å². The van der Waals surface area contributed by atoms with Crippen molar-refractivity contribution in [1.29, 1.82) is 0 Å². The molecule has 0 saturated carbocycles. The maximum Gasteiger partial charge on any atom is 0.311 e. The molecule has 0 spiro atoms. The molecule has 8 nitrogen and oxygen atoms in total. The third-order valence-electron chi connectivity index (χ3n) is 7.45. The molecule has 0 fully saturated rings. The summed E-state index contributed by atoms with van der Waals surface area (Å²) in [7, 11) is 0. The zero-order valence-electron chi connectivity index (χ0n) is 24.7. The third-order valence-corrected chi connectivity index (χ3v) is 7.45. The van der Waals surface area contributed by atoms with E-state index in [4.69, 9.17) is 19.2 Å². The first kappa shape index (κ1) is 27.1. The predicted molar refractivity (Wildman–Crippen MR) is 159 cm³/mol. The van der Waals surface area contributed by atoms with Crippen LogP contribution in [0.2, 0.25) is 0 Å². The highest BCUT2D eigenvalue weighted by molar-refractivity contribution is 6.07. The van der Waals surface area contributed by atoms with E-state index in [2.05, 4.69) is 41.5 Å². The van der Waals surface area contributed by atoms with Crippen molar-refractivity contribution in [1.82, 2.24) is 19.8 Å². The molecule has 1 aliphatic heterocycles. The van der Waals surface area contributed by atoms with Crippen LogP contribution in [0.4, 0.5) is 0 Å². The number of pyridine rings is 2. The van der Waals surface area contributed by atoms with E-state index in [1.807, 2.05) is 64.4 Å². The van der Waals surface area contributed by atoms with E-state index >= 15 is 0 Å². The summed E-state index contributed by atoms with van der Waals surface area (Å²) >= 11 is 0. The van der Waals surface area contributed by atoms with E-state index in [9.17, 15) is 4.79 Å². The van der Waals surface area contributed by atoms with Gasteiger partial charge < -0.3 is 14.2 Å². The molecule has 8 heteroatoms. The lowest BCUT2D eigenvalue weighted by Crippen LogP contribution is -2.30. The van der Waals surface area contributed by atoms with Crippen LogP contribution < -0.4 is 4.74 Å². The molecule has 2 aromatic carbocycles. The summed E-state index contributed by atoms with van der Waals surface area (Å²) in [5, 5.41) is 10.6. The lowest BCUT2D eigenvalue weighted by atomic mass is 9.86. The van der Waals surface area contributed by atoms with Gasteiger partial charge in [0.05, 0.1) is 40.4 Å². The average molecular weight is 553 g/mol. The first-order chi connectivity index (χ1) is 19.4. The molecule has 0 N–H and O–H groups in total. The third kappa shape index (κ3) is 4.90. The molecule has 1 aliphatic rings. The van der Waals surface area contributed by atoms with Crippen molar-refractivity contribution in [2.24, 2.45) is 5.41 Å². The monoisotopic (exact) mass is 552 g/mol. The number of benzene rings is 2. The van der Waals surface area contributed by atoms with Crippen LogP contribution in [0.15, 0.2) is 48.8 Å². The molecule has 0 radical (unpaired) electrons. The molecule has 1 atom stereocenters. The van der Waals surface area contributed by atoms with Crippen molar-refractivity contribution >= 4 is 33.3 Å². The van der Waals surface area contributed by atoms with E-state index in [0.29, 0.717) is 6.61 Å². The lowest BCUT2D eigenvalue weighted by Gasteiger charge is -2.31. The summed E-state index contributed by atoms with van der Waals surface area (Å²) in [5.74, 6) is 0.571. The number of carbonyl (C=O) groups is 1. The fraction of sp³-hybridized carbons (Fsp3) is 0.394. The number of aryl methyl sites for hydroxylation is 1. The van der Waals surface area contributed by atoms with Gasteiger partial charge in [-0.15, -0.1) is 5.10 Å². The first-order valence-corrected chi connectivity index (χ1v) is 14.1. The van der Waals surface area contributed by atoms with Gasteiger partial charge in [-0.05, 0) is 107 Å². The van der Waals surface area contributed by atoms with Gasteiger partial charge in [0.1, 0.15) is 18.5 Å². The van der Waals surface area contributed by atoms with Crippen molar-refractivity contribution in [2.75, 3.05) is 13.2 Å². The van der Waals surface area contributed by atoms with E-state index in [1.165, 1.54) is 5.56 Å². The molecule has 0 bridgehead atoms. The summed E-state index contributed by atoms with van der Waals surface area (Å²) in [5.41, 5.74) is 6.66. The SMILES string of the molecule is Cc1cc2c(ccc3cnnn32)c(-c2ccc3c4c(ccnc24)CCO3)c1[C@@H](COC(=O)C(C)(C)C)OC(C)(C)C. The maximum atomic E-state index is 12.9. The molecular weight excluding hydrogens is 516 g/mol. The number of ether oxygens (including phenoxy) is 3. The van der Waals surface area contributed by atoms with Gasteiger partial charge in [-0.2, -0.15) is 0 Å². The van der Waals surface area contributed by atoms with E-state index in [1.54, 1.807) is 6.20 Å². The Labute approximate surface area is 239 Å². The number of hydrogen-bond donors (Lipinski definition) is 0. The van der Waals surface area contributed by atoms with Gasteiger partial charge in [-0.1, -0.05) is 5.21 Å². The van der Waals surface area contributed by atoms with Gasteiger partial charge in [-0.3, -0.25) is 9.78 Å². The zero-order chi connectivity index (χ0) is 29.1. The smallest absolute Gasteiger partial charge is 0.311 e. The molecule has 6 rings (SSSR count). The Hall–Kier alpha value is -4.04. The minimum Gasteiger partial charge on any atom is -0.493 e. The van der Waals surface area contributed by atoms with Crippen molar-refractivity contribution in [3.05, 3.63) is 65.5 Å². The van der Waals surface area contributed by atoms with Gasteiger partial charge in [0.25, 0.3) is 0 Å². The van der Waals surface area contributed by atoms with Crippen LogP contribution >= 0.6 is 0 Å². The summed E-state index contributed by atoms with van der Waals surface area (Å²) in [6.45, 7) is 14.4. The normalized spacial score (nSPS) is 14.4. The minimum atomic E-state index is -0.633. The van der Waals surface area contributed by atoms with Gasteiger partial charge in [0.2, 0.25) is 0 Å². The Morgan fingerprint density at radius 2 is 1.90 bits per heavy atom. The van der Waals surface area contributed by atoms with E-state index in [0.717, 1.165) is 61.7 Å². The minimum absolute atomic E-state index is 0.0795. The molecule has 0 amide bonds. The number of aromatic nitrogens is 4. The van der Waals surface area contributed by atoms with Crippen LogP contribution in [-0.2, 0) is 20.7 Å². The molecule has 4 heterocycles. The van der Waals surface area contributed by atoms with Crippen molar-refractivity contribution in [3.63, 3.8) is 0 Å². The fourth-order valence-electron chi connectivity index (χ4n) is 5.67. The summed E-state index contributed by atoms with van der Waals surface area (Å²) in [6.07, 6.45) is 3.92. The molecule has 41 heavy (non-hydrogen) atoms. The van der Waals surface area contributed by atoms with Gasteiger partial charge in [0.15, 0.2) is 0 Å². The second-order valence-corrected chi connectivity index (χ2v) is 12.8. The van der Waals surface area contributed by atoms with Gasteiger partial charge >= 0.3 is 5.97 Å². The van der Waals surface area contributed by atoms with Crippen LogP contribution in [-0.4, -0.2) is 44.6 Å². The number of esters is 1. The van der Waals surface area contributed by atoms with Crippen LogP contribution in [0.5, 0.6) is 5.75 Å². The number of rotatable bonds is 5. The summed E-state index contributed by atoms with van der Waals surface area (Å²) in [6, 6.07) is 12.4. The standard InChI is InChI=1S/C33H36N4O4/c1-19-16-24-22(9-8-21-17-35-36-37(21)24)29(23-10-11-25-28-20(13-15-39-25)12-14-34-30(23)28)27(19)26(41-33(5,6)7)18-40-31(38)32(2,3)4/h8-12,14,16-17,26H,13,15,18H2,1-7H3/t26-/m1/s1. The number of fused-ring (bicyclic) bond motifs is 3. The van der Waals surface area contributed by atoms with E-state index in [-0.39, 0.29) is 12.6 Å². The molecule has 5 aromatic rings. The van der Waals surface area contributed by atoms with Crippen molar-refractivity contribution < 1.29 is 19.0 Å². The highest BCUT2D eigenvalue weighted by Gasteiger charge is 2.31. The van der Waals surface area contributed by atoms with Crippen molar-refractivity contribution in [3.8, 4) is 16.9 Å². The quantitative estimate of drug-likeness (QED) is 0.222. The number of nitrogens with zero attached hydrogens (tertiary/aromatic N) is 4. The van der Waals surface area contributed by atoms with Crippen LogP contribution in [0.25, 0.3) is 38.4 Å². The highest BCUT2D eigenvalue weighted by atomic mass is 16.6. The molecule has 0 unspecified atom stereocenters. The van der Waals surface area contributed by atoms with Gasteiger partial charge in [-0.25, -0.2) is 4.52 Å². The van der Waals surface area contributed by atoms with Gasteiger partial charge in [0, 0.05) is 29.0 Å².